The molecule has 0 aliphatic rings. The average Bonchev–Trinajstić information content (AvgIpc) is 2.66. The molecule has 168 valence electrons. The second kappa shape index (κ2) is 10.5. The normalized spacial score (nSPS) is 12.3. The molecule has 0 spiro atoms. The van der Waals surface area contributed by atoms with Crippen molar-refractivity contribution in [3.8, 4) is 5.75 Å². The second-order valence-electron chi connectivity index (χ2n) is 8.73. The second-order valence-corrected chi connectivity index (χ2v) is 9.96. The Hall–Kier alpha value is -2.05. The molecule has 2 aromatic rings. The van der Waals surface area contributed by atoms with Gasteiger partial charge in [-0.15, -0.1) is 0 Å². The van der Waals surface area contributed by atoms with E-state index >= 15 is 0 Å². The Morgan fingerprint density at radius 1 is 1.16 bits per heavy atom. The van der Waals surface area contributed by atoms with E-state index in [2.05, 4.69) is 21.2 Å². The highest BCUT2D eigenvalue weighted by Crippen LogP contribution is 2.26. The van der Waals surface area contributed by atoms with Gasteiger partial charge in [-0.1, -0.05) is 39.7 Å². The number of carbonyl (C=O) groups is 2. The van der Waals surface area contributed by atoms with Crippen LogP contribution in [0.5, 0.6) is 5.75 Å². The fourth-order valence-electron chi connectivity index (χ4n) is 3.11. The summed E-state index contributed by atoms with van der Waals surface area (Å²) < 4.78 is 6.80. The van der Waals surface area contributed by atoms with Crippen LogP contribution in [0.15, 0.2) is 40.9 Å². The van der Waals surface area contributed by atoms with E-state index in [0.717, 1.165) is 21.2 Å². The largest absolute Gasteiger partial charge is 0.484 e. The first kappa shape index (κ1) is 25.2. The van der Waals surface area contributed by atoms with Crippen LogP contribution in [0, 0.1) is 13.8 Å². The lowest BCUT2D eigenvalue weighted by Crippen LogP contribution is -2.53. The Balaban J connectivity index is 2.21. The number of rotatable bonds is 7. The van der Waals surface area contributed by atoms with Gasteiger partial charge in [-0.2, -0.15) is 0 Å². The number of carbonyl (C=O) groups excluding carboxylic acids is 2. The molecular formula is C24H30BrClN2O3. The van der Waals surface area contributed by atoms with Gasteiger partial charge >= 0.3 is 0 Å². The quantitative estimate of drug-likeness (QED) is 0.541. The maximum Gasteiger partial charge on any atom is 0.261 e. The summed E-state index contributed by atoms with van der Waals surface area (Å²) in [7, 11) is 0. The molecule has 7 heteroatoms. The third-order valence-corrected chi connectivity index (χ3v) is 6.17. The third kappa shape index (κ3) is 7.54. The van der Waals surface area contributed by atoms with Crippen LogP contribution in [0.4, 0.5) is 0 Å². The van der Waals surface area contributed by atoms with E-state index in [0.29, 0.717) is 10.8 Å². The van der Waals surface area contributed by atoms with Crippen LogP contribution in [0.25, 0.3) is 0 Å². The first-order chi connectivity index (χ1) is 14.4. The Morgan fingerprint density at radius 2 is 1.77 bits per heavy atom. The molecule has 0 bridgehead atoms. The maximum absolute atomic E-state index is 13.1. The summed E-state index contributed by atoms with van der Waals surface area (Å²) in [5.41, 5.74) is 2.48. The number of hydrogen-bond donors (Lipinski definition) is 1. The molecule has 0 heterocycles. The monoisotopic (exact) mass is 508 g/mol. The van der Waals surface area contributed by atoms with Gasteiger partial charge < -0.3 is 15.0 Å². The van der Waals surface area contributed by atoms with E-state index in [4.69, 9.17) is 16.3 Å². The van der Waals surface area contributed by atoms with Crippen molar-refractivity contribution in [3.05, 3.63) is 62.6 Å². The summed E-state index contributed by atoms with van der Waals surface area (Å²) in [6.45, 7) is 11.4. The minimum absolute atomic E-state index is 0.172. The molecule has 0 aliphatic carbocycles. The lowest BCUT2D eigenvalue weighted by atomic mass is 10.1. The molecule has 0 aliphatic heterocycles. The van der Waals surface area contributed by atoms with E-state index in [9.17, 15) is 9.59 Å². The molecule has 1 N–H and O–H groups in total. The average molecular weight is 510 g/mol. The predicted octanol–water partition coefficient (Wildman–Crippen LogP) is 5.43. The van der Waals surface area contributed by atoms with Crippen molar-refractivity contribution in [2.75, 3.05) is 6.61 Å². The Bertz CT molecular complexity index is 933. The van der Waals surface area contributed by atoms with Gasteiger partial charge in [0, 0.05) is 21.6 Å². The molecule has 0 unspecified atom stereocenters. The summed E-state index contributed by atoms with van der Waals surface area (Å²) >= 11 is 9.64. The van der Waals surface area contributed by atoms with Crippen molar-refractivity contribution in [1.29, 1.82) is 0 Å². The van der Waals surface area contributed by atoms with E-state index in [1.165, 1.54) is 4.90 Å². The van der Waals surface area contributed by atoms with Crippen LogP contribution in [0.3, 0.4) is 0 Å². The van der Waals surface area contributed by atoms with E-state index < -0.39 is 11.6 Å². The molecule has 31 heavy (non-hydrogen) atoms. The number of nitrogens with zero attached hydrogens (tertiary/aromatic N) is 1. The minimum Gasteiger partial charge on any atom is -0.484 e. The third-order valence-electron chi connectivity index (χ3n) is 4.68. The zero-order valence-corrected chi connectivity index (χ0v) is 21.2. The molecule has 2 amide bonds. The maximum atomic E-state index is 13.1. The Labute approximate surface area is 198 Å². The smallest absolute Gasteiger partial charge is 0.261 e. The molecule has 0 saturated carbocycles. The highest BCUT2D eigenvalue weighted by Gasteiger charge is 2.28. The van der Waals surface area contributed by atoms with Gasteiger partial charge in [-0.05, 0) is 82.5 Å². The molecule has 2 aromatic carbocycles. The van der Waals surface area contributed by atoms with Crippen molar-refractivity contribution >= 4 is 39.3 Å². The number of benzene rings is 2. The molecule has 1 atom stereocenters. The topological polar surface area (TPSA) is 58.6 Å². The molecule has 0 aromatic heterocycles. The van der Waals surface area contributed by atoms with Crippen molar-refractivity contribution in [2.24, 2.45) is 0 Å². The SMILES string of the molecule is Cc1cc(OCC(=O)N(Cc2cccc(Cl)c2)[C@@H](C)C(=O)NC(C)(C)C)cc(C)c1Br. The van der Waals surface area contributed by atoms with Gasteiger partial charge in [-0.25, -0.2) is 0 Å². The molecule has 5 nitrogen and oxygen atoms in total. The van der Waals surface area contributed by atoms with Crippen molar-refractivity contribution < 1.29 is 14.3 Å². The van der Waals surface area contributed by atoms with Crippen molar-refractivity contribution in [3.63, 3.8) is 0 Å². The predicted molar refractivity (Wildman–Crippen MR) is 128 cm³/mol. The summed E-state index contributed by atoms with van der Waals surface area (Å²) in [5.74, 6) is 0.106. The van der Waals surface area contributed by atoms with E-state index in [1.807, 2.05) is 58.9 Å². The Morgan fingerprint density at radius 3 is 2.32 bits per heavy atom. The van der Waals surface area contributed by atoms with Crippen LogP contribution in [0.1, 0.15) is 44.4 Å². The number of hydrogen-bond acceptors (Lipinski definition) is 3. The van der Waals surface area contributed by atoms with E-state index in [-0.39, 0.29) is 25.0 Å². The number of nitrogens with one attached hydrogen (secondary N) is 1. The standard InChI is InChI=1S/C24H30BrClN2O3/c1-15-10-20(11-16(2)22(15)25)31-14-21(29)28(13-18-8-7-9-19(26)12-18)17(3)23(30)27-24(4,5)6/h7-12,17H,13-14H2,1-6H3,(H,27,30)/t17-/m0/s1. The van der Waals surface area contributed by atoms with Crippen LogP contribution < -0.4 is 10.1 Å². The lowest BCUT2D eigenvalue weighted by molar-refractivity contribution is -0.142. The lowest BCUT2D eigenvalue weighted by Gasteiger charge is -2.31. The molecule has 0 saturated heterocycles. The highest BCUT2D eigenvalue weighted by molar-refractivity contribution is 9.10. The number of ether oxygens (including phenoxy) is 1. The molecular weight excluding hydrogens is 480 g/mol. The zero-order valence-electron chi connectivity index (χ0n) is 18.9. The number of halogens is 2. The van der Waals surface area contributed by atoms with Crippen LogP contribution in [-0.4, -0.2) is 34.9 Å². The summed E-state index contributed by atoms with van der Waals surface area (Å²) in [6, 6.07) is 10.3. The van der Waals surface area contributed by atoms with Gasteiger partial charge in [0.25, 0.3) is 5.91 Å². The summed E-state index contributed by atoms with van der Waals surface area (Å²) in [6.07, 6.45) is 0. The van der Waals surface area contributed by atoms with Crippen LogP contribution in [0.2, 0.25) is 5.02 Å². The molecule has 2 rings (SSSR count). The van der Waals surface area contributed by atoms with Gasteiger partial charge in [0.05, 0.1) is 0 Å². The van der Waals surface area contributed by atoms with Crippen molar-refractivity contribution in [2.45, 2.75) is 59.7 Å². The summed E-state index contributed by atoms with van der Waals surface area (Å²) in [4.78, 5) is 27.4. The first-order valence-corrected chi connectivity index (χ1v) is 11.3. The highest BCUT2D eigenvalue weighted by atomic mass is 79.9. The minimum atomic E-state index is -0.678. The van der Waals surface area contributed by atoms with Gasteiger partial charge in [0.2, 0.25) is 5.91 Å². The van der Waals surface area contributed by atoms with Gasteiger partial charge in [-0.3, -0.25) is 9.59 Å². The first-order valence-electron chi connectivity index (χ1n) is 10.1. The molecule has 0 fully saturated rings. The van der Waals surface area contributed by atoms with Crippen molar-refractivity contribution in [1.82, 2.24) is 10.2 Å². The number of aryl methyl sites for hydroxylation is 2. The van der Waals surface area contributed by atoms with Gasteiger partial charge in [0.1, 0.15) is 11.8 Å². The molecule has 0 radical (unpaired) electrons. The summed E-state index contributed by atoms with van der Waals surface area (Å²) in [5, 5.41) is 3.52. The fraction of sp³-hybridized carbons (Fsp3) is 0.417. The van der Waals surface area contributed by atoms with Gasteiger partial charge in [0.15, 0.2) is 6.61 Å². The Kier molecular flexibility index (Phi) is 8.55. The van der Waals surface area contributed by atoms with Crippen LogP contribution >= 0.6 is 27.5 Å². The fourth-order valence-corrected chi connectivity index (χ4v) is 3.55. The van der Waals surface area contributed by atoms with Crippen LogP contribution in [-0.2, 0) is 16.1 Å². The zero-order chi connectivity index (χ0) is 23.3. The van der Waals surface area contributed by atoms with E-state index in [1.54, 1.807) is 19.1 Å². The number of amides is 2.